The Hall–Kier alpha value is -0.970. The fourth-order valence-electron chi connectivity index (χ4n) is 1.59. The number of carbonyl (C=O) groups is 2. The number of nitrogens with zero attached hydrogens (tertiary/aromatic N) is 2. The van der Waals surface area contributed by atoms with Crippen molar-refractivity contribution >= 4 is 23.1 Å². The molecule has 0 aromatic carbocycles. The maximum Gasteiger partial charge on any atom is 0.407 e. The zero-order valence-corrected chi connectivity index (χ0v) is 8.70. The molecule has 0 radical (unpaired) electrons. The molecule has 80 valence electrons. The number of carboxylic acid groups (broad SMARTS) is 1. The van der Waals surface area contributed by atoms with E-state index in [0.717, 1.165) is 0 Å². The lowest BCUT2D eigenvalue weighted by molar-refractivity contribution is 0.115. The number of amides is 2. The third kappa shape index (κ3) is 2.51. The molecule has 0 atom stereocenters. The van der Waals surface area contributed by atoms with Crippen LogP contribution in [0.3, 0.4) is 0 Å². The van der Waals surface area contributed by atoms with Crippen molar-refractivity contribution in [2.75, 3.05) is 20.1 Å². The Bertz CT molecular complexity index is 239. The molecule has 0 aliphatic carbocycles. The standard InChI is InChI=1S/C8H13ClN2O3/c1-10(7(9)12)6-2-4-11(5-3-6)8(13)14/h6H,2-5H2,1H3,(H,13,14). The van der Waals surface area contributed by atoms with Gasteiger partial charge in [0.2, 0.25) is 0 Å². The lowest BCUT2D eigenvalue weighted by atomic mass is 10.0. The molecule has 1 saturated heterocycles. The Morgan fingerprint density at radius 3 is 2.29 bits per heavy atom. The van der Waals surface area contributed by atoms with Crippen molar-refractivity contribution in [2.24, 2.45) is 0 Å². The van der Waals surface area contributed by atoms with Crippen LogP contribution in [0.5, 0.6) is 0 Å². The Morgan fingerprint density at radius 2 is 1.93 bits per heavy atom. The molecule has 0 bridgehead atoms. The van der Waals surface area contributed by atoms with Gasteiger partial charge in [0.15, 0.2) is 0 Å². The van der Waals surface area contributed by atoms with E-state index in [1.54, 1.807) is 7.05 Å². The highest BCUT2D eigenvalue weighted by molar-refractivity contribution is 6.62. The fraction of sp³-hybridized carbons (Fsp3) is 0.750. The highest BCUT2D eigenvalue weighted by Crippen LogP contribution is 2.16. The number of hydrogen-bond acceptors (Lipinski definition) is 2. The highest BCUT2D eigenvalue weighted by atomic mass is 35.5. The molecule has 1 rings (SSSR count). The summed E-state index contributed by atoms with van der Waals surface area (Å²) < 4.78 is 0. The molecule has 1 heterocycles. The molecule has 0 aromatic heterocycles. The second-order valence-electron chi connectivity index (χ2n) is 3.36. The van der Waals surface area contributed by atoms with E-state index in [0.29, 0.717) is 25.9 Å². The van der Waals surface area contributed by atoms with E-state index in [1.807, 2.05) is 0 Å². The molecule has 0 aromatic rings. The first-order valence-electron chi connectivity index (χ1n) is 4.42. The van der Waals surface area contributed by atoms with E-state index in [9.17, 15) is 9.59 Å². The summed E-state index contributed by atoms with van der Waals surface area (Å²) in [7, 11) is 1.64. The van der Waals surface area contributed by atoms with Gasteiger partial charge in [-0.1, -0.05) is 0 Å². The summed E-state index contributed by atoms with van der Waals surface area (Å²) in [6.45, 7) is 0.934. The van der Waals surface area contributed by atoms with Gasteiger partial charge in [-0.25, -0.2) is 4.79 Å². The summed E-state index contributed by atoms with van der Waals surface area (Å²) in [5.74, 6) is 0. The molecule has 0 unspecified atom stereocenters. The average molecular weight is 221 g/mol. The monoisotopic (exact) mass is 220 g/mol. The third-order valence-electron chi connectivity index (χ3n) is 2.56. The Kier molecular flexibility index (Phi) is 3.57. The summed E-state index contributed by atoms with van der Waals surface area (Å²) in [5.41, 5.74) is 0. The molecule has 1 aliphatic heterocycles. The molecule has 1 fully saturated rings. The van der Waals surface area contributed by atoms with Gasteiger partial charge >= 0.3 is 11.5 Å². The summed E-state index contributed by atoms with van der Waals surface area (Å²) in [5, 5.41) is 8.20. The Labute approximate surface area is 87.2 Å². The zero-order chi connectivity index (χ0) is 10.7. The van der Waals surface area contributed by atoms with Crippen LogP contribution < -0.4 is 0 Å². The number of halogens is 1. The van der Waals surface area contributed by atoms with E-state index in [2.05, 4.69) is 0 Å². The number of rotatable bonds is 1. The lowest BCUT2D eigenvalue weighted by Gasteiger charge is -2.34. The quantitative estimate of drug-likeness (QED) is 0.537. The molecule has 1 aliphatic rings. The van der Waals surface area contributed by atoms with Crippen LogP contribution in [-0.2, 0) is 0 Å². The minimum atomic E-state index is -0.900. The predicted octanol–water partition coefficient (Wildman–Crippen LogP) is 1.42. The van der Waals surface area contributed by atoms with E-state index in [4.69, 9.17) is 16.7 Å². The van der Waals surface area contributed by atoms with Gasteiger partial charge in [-0.15, -0.1) is 0 Å². The summed E-state index contributed by atoms with van der Waals surface area (Å²) in [6, 6.07) is 0.0654. The first-order chi connectivity index (χ1) is 6.52. The first kappa shape index (κ1) is 11.1. The number of piperidine rings is 1. The van der Waals surface area contributed by atoms with Crippen LogP contribution in [0.4, 0.5) is 9.59 Å². The van der Waals surface area contributed by atoms with Crippen molar-refractivity contribution < 1.29 is 14.7 Å². The van der Waals surface area contributed by atoms with Crippen molar-refractivity contribution in [3.63, 3.8) is 0 Å². The largest absolute Gasteiger partial charge is 0.465 e. The van der Waals surface area contributed by atoms with Crippen LogP contribution >= 0.6 is 11.6 Å². The second kappa shape index (κ2) is 4.50. The first-order valence-corrected chi connectivity index (χ1v) is 4.80. The van der Waals surface area contributed by atoms with Crippen molar-refractivity contribution in [3.8, 4) is 0 Å². The minimum absolute atomic E-state index is 0.0654. The van der Waals surface area contributed by atoms with Crippen LogP contribution in [0, 0.1) is 0 Å². The fourth-order valence-corrected chi connectivity index (χ4v) is 1.73. The van der Waals surface area contributed by atoms with Gasteiger partial charge in [0.25, 0.3) is 0 Å². The van der Waals surface area contributed by atoms with E-state index in [1.165, 1.54) is 9.80 Å². The van der Waals surface area contributed by atoms with Crippen molar-refractivity contribution in [1.29, 1.82) is 0 Å². The highest BCUT2D eigenvalue weighted by Gasteiger charge is 2.26. The minimum Gasteiger partial charge on any atom is -0.465 e. The number of likely N-dealkylation sites (tertiary alicyclic amines) is 1. The molecule has 1 N–H and O–H groups in total. The van der Waals surface area contributed by atoms with Gasteiger partial charge in [0.05, 0.1) is 0 Å². The molecule has 0 saturated carbocycles. The molecular formula is C8H13ClN2O3. The summed E-state index contributed by atoms with van der Waals surface area (Å²) >= 11 is 5.32. The van der Waals surface area contributed by atoms with Crippen molar-refractivity contribution in [1.82, 2.24) is 9.80 Å². The number of hydrogen-bond donors (Lipinski definition) is 1. The van der Waals surface area contributed by atoms with Gasteiger partial charge in [0.1, 0.15) is 0 Å². The topological polar surface area (TPSA) is 60.9 Å². The molecule has 6 heteroatoms. The molecule has 14 heavy (non-hydrogen) atoms. The van der Waals surface area contributed by atoms with Gasteiger partial charge in [-0.05, 0) is 24.4 Å². The van der Waals surface area contributed by atoms with E-state index >= 15 is 0 Å². The van der Waals surface area contributed by atoms with Crippen LogP contribution in [0.2, 0.25) is 0 Å². The van der Waals surface area contributed by atoms with E-state index in [-0.39, 0.29) is 6.04 Å². The number of carbonyl (C=O) groups excluding carboxylic acids is 1. The molecule has 2 amide bonds. The molecule has 0 spiro atoms. The Balaban J connectivity index is 2.43. The van der Waals surface area contributed by atoms with Crippen LogP contribution in [0.15, 0.2) is 0 Å². The molecule has 5 nitrogen and oxygen atoms in total. The van der Waals surface area contributed by atoms with Gasteiger partial charge in [-0.2, -0.15) is 0 Å². The smallest absolute Gasteiger partial charge is 0.407 e. The van der Waals surface area contributed by atoms with E-state index < -0.39 is 11.5 Å². The zero-order valence-electron chi connectivity index (χ0n) is 7.94. The normalized spacial score (nSPS) is 18.0. The predicted molar refractivity (Wildman–Crippen MR) is 51.6 cm³/mol. The van der Waals surface area contributed by atoms with Crippen LogP contribution in [-0.4, -0.2) is 52.5 Å². The maximum absolute atomic E-state index is 10.8. The van der Waals surface area contributed by atoms with Gasteiger partial charge in [0, 0.05) is 26.2 Å². The second-order valence-corrected chi connectivity index (χ2v) is 3.69. The van der Waals surface area contributed by atoms with Crippen molar-refractivity contribution in [2.45, 2.75) is 18.9 Å². The SMILES string of the molecule is CN(C(=O)Cl)C1CCN(C(=O)O)CC1. The van der Waals surface area contributed by atoms with Gasteiger partial charge < -0.3 is 14.9 Å². The average Bonchev–Trinajstić information content (AvgIpc) is 2.16. The van der Waals surface area contributed by atoms with Crippen LogP contribution in [0.1, 0.15) is 12.8 Å². The summed E-state index contributed by atoms with van der Waals surface area (Å²) in [6.07, 6.45) is 0.408. The van der Waals surface area contributed by atoms with Gasteiger partial charge in [-0.3, -0.25) is 4.79 Å². The molecular weight excluding hydrogens is 208 g/mol. The van der Waals surface area contributed by atoms with Crippen LogP contribution in [0.25, 0.3) is 0 Å². The third-order valence-corrected chi connectivity index (χ3v) is 2.83. The van der Waals surface area contributed by atoms with Crippen molar-refractivity contribution in [3.05, 3.63) is 0 Å². The maximum atomic E-state index is 10.8. The Morgan fingerprint density at radius 1 is 1.43 bits per heavy atom. The lowest BCUT2D eigenvalue weighted by Crippen LogP contribution is -2.45. The summed E-state index contributed by atoms with van der Waals surface area (Å²) in [4.78, 5) is 24.2.